The number of ether oxygens (including phenoxy) is 2. The lowest BCUT2D eigenvalue weighted by atomic mass is 9.85. The predicted octanol–water partition coefficient (Wildman–Crippen LogP) is 4.46. The largest absolute Gasteiger partial charge is 0.481 e. The Balaban J connectivity index is 3.30. The van der Waals surface area contributed by atoms with Crippen molar-refractivity contribution < 1.29 is 23.4 Å². The maximum atomic E-state index is 12.8. The Morgan fingerprint density at radius 2 is 2.16 bits per heavy atom. The number of azide groups is 1. The molecule has 6 atom stereocenters. The van der Waals surface area contributed by atoms with E-state index in [0.717, 1.165) is 6.42 Å². The Labute approximate surface area is 149 Å². The fourth-order valence-corrected chi connectivity index (χ4v) is 4.17. The molecule has 0 aromatic carbocycles. The second-order valence-corrected chi connectivity index (χ2v) is 8.76. The molecule has 0 aromatic rings. The molecule has 1 aliphatic heterocycles. The molecule has 0 N–H and O–H groups in total. The predicted molar refractivity (Wildman–Crippen MR) is 95.2 cm³/mol. The first kappa shape index (κ1) is 21.6. The van der Waals surface area contributed by atoms with E-state index in [-0.39, 0.29) is 23.9 Å². The Bertz CT molecular complexity index is 603. The van der Waals surface area contributed by atoms with Crippen molar-refractivity contribution in [2.75, 3.05) is 13.3 Å². The van der Waals surface area contributed by atoms with Crippen molar-refractivity contribution >= 4 is 13.3 Å². The van der Waals surface area contributed by atoms with Crippen LogP contribution in [0.1, 0.15) is 41.0 Å². The van der Waals surface area contributed by atoms with Crippen LogP contribution in [0.4, 0.5) is 0 Å². The third-order valence-corrected chi connectivity index (χ3v) is 6.22. The zero-order valence-corrected chi connectivity index (χ0v) is 16.6. The van der Waals surface area contributed by atoms with Gasteiger partial charge in [-0.2, -0.15) is 0 Å². The first-order chi connectivity index (χ1) is 11.7. The minimum atomic E-state index is -3.19. The van der Waals surface area contributed by atoms with Crippen LogP contribution in [0, 0.1) is 11.8 Å². The zero-order chi connectivity index (χ0) is 19.2. The van der Waals surface area contributed by atoms with Crippen LogP contribution >= 0.6 is 7.37 Å². The highest BCUT2D eigenvalue weighted by Gasteiger charge is 2.43. The molecule has 0 saturated carbocycles. The highest BCUT2D eigenvalue weighted by Crippen LogP contribution is 2.54. The van der Waals surface area contributed by atoms with E-state index in [2.05, 4.69) is 10.0 Å². The van der Waals surface area contributed by atoms with Crippen LogP contribution < -0.4 is 0 Å². The normalized spacial score (nSPS) is 27.8. The molecule has 25 heavy (non-hydrogen) atoms. The molecule has 0 aliphatic carbocycles. The van der Waals surface area contributed by atoms with Gasteiger partial charge < -0.3 is 14.0 Å². The number of hydrogen-bond donors (Lipinski definition) is 0. The molecule has 1 unspecified atom stereocenters. The summed E-state index contributed by atoms with van der Waals surface area (Å²) in [6, 6.07) is -0.561. The number of esters is 1. The van der Waals surface area contributed by atoms with E-state index < -0.39 is 31.6 Å². The number of carbonyl (C=O) groups is 1. The van der Waals surface area contributed by atoms with Crippen LogP contribution in [-0.2, 0) is 23.4 Å². The van der Waals surface area contributed by atoms with Gasteiger partial charge in [0, 0.05) is 24.4 Å². The van der Waals surface area contributed by atoms with Crippen molar-refractivity contribution in [1.82, 2.24) is 0 Å². The Morgan fingerprint density at radius 3 is 2.64 bits per heavy atom. The van der Waals surface area contributed by atoms with Gasteiger partial charge in [-0.05, 0) is 30.9 Å². The molecule has 8 nitrogen and oxygen atoms in total. The van der Waals surface area contributed by atoms with Gasteiger partial charge in [0.25, 0.3) is 7.37 Å². The average Bonchev–Trinajstić information content (AvgIpc) is 2.53. The average molecular weight is 373 g/mol. The van der Waals surface area contributed by atoms with Gasteiger partial charge in [0.15, 0.2) is 5.50 Å². The van der Waals surface area contributed by atoms with Crippen molar-refractivity contribution in [3.63, 3.8) is 0 Å². The van der Waals surface area contributed by atoms with Crippen LogP contribution in [0.5, 0.6) is 0 Å². The van der Waals surface area contributed by atoms with Crippen LogP contribution in [0.25, 0.3) is 10.4 Å². The van der Waals surface area contributed by atoms with Crippen molar-refractivity contribution in [1.29, 1.82) is 0 Å². The molecule has 0 amide bonds. The van der Waals surface area contributed by atoms with E-state index >= 15 is 0 Å². The van der Waals surface area contributed by atoms with Gasteiger partial charge in [-0.3, -0.25) is 9.36 Å². The number of rotatable bonds is 8. The highest BCUT2D eigenvalue weighted by atomic mass is 31.2. The molecule has 1 aliphatic rings. The molecule has 9 heteroatoms. The minimum Gasteiger partial charge on any atom is -0.481 e. The van der Waals surface area contributed by atoms with E-state index in [9.17, 15) is 9.36 Å². The molecule has 0 saturated heterocycles. The zero-order valence-electron chi connectivity index (χ0n) is 15.7. The second kappa shape index (κ2) is 9.27. The van der Waals surface area contributed by atoms with Gasteiger partial charge in [-0.25, -0.2) is 0 Å². The third kappa shape index (κ3) is 5.50. The first-order valence-corrected chi connectivity index (χ1v) is 10.6. The Morgan fingerprint density at radius 1 is 1.52 bits per heavy atom. The first-order valence-electron chi connectivity index (χ1n) is 8.50. The fourth-order valence-electron chi connectivity index (χ4n) is 2.81. The van der Waals surface area contributed by atoms with Gasteiger partial charge in [0.1, 0.15) is 12.2 Å². The summed E-state index contributed by atoms with van der Waals surface area (Å²) in [5, 5.41) is 3.79. The molecule has 142 valence electrons. The van der Waals surface area contributed by atoms with Crippen LogP contribution in [0.3, 0.4) is 0 Å². The molecule has 0 radical (unpaired) electrons. The van der Waals surface area contributed by atoms with Crippen LogP contribution in [0.15, 0.2) is 16.7 Å². The number of hydrogen-bond acceptors (Lipinski definition) is 6. The summed E-state index contributed by atoms with van der Waals surface area (Å²) in [6.07, 6.45) is 1.20. The molecule has 0 bridgehead atoms. The van der Waals surface area contributed by atoms with Gasteiger partial charge in [0.2, 0.25) is 0 Å². The van der Waals surface area contributed by atoms with Crippen molar-refractivity contribution in [3.8, 4) is 0 Å². The van der Waals surface area contributed by atoms with Gasteiger partial charge in [-0.1, -0.05) is 25.9 Å². The van der Waals surface area contributed by atoms with Crippen LogP contribution in [0.2, 0.25) is 0 Å². The van der Waals surface area contributed by atoms with Crippen molar-refractivity contribution in [3.05, 3.63) is 22.0 Å². The minimum absolute atomic E-state index is 0.0192. The molecule has 1 rings (SSSR count). The smallest absolute Gasteiger partial charge is 0.303 e. The fraction of sp³-hybridized carbons (Fsp3) is 0.812. The Hall–Kier alpha value is -1.49. The molecule has 0 spiro atoms. The monoisotopic (exact) mass is 373 g/mol. The summed E-state index contributed by atoms with van der Waals surface area (Å²) >= 11 is 0. The second-order valence-electron chi connectivity index (χ2n) is 6.37. The van der Waals surface area contributed by atoms with Crippen molar-refractivity contribution in [2.24, 2.45) is 17.0 Å². The summed E-state index contributed by atoms with van der Waals surface area (Å²) in [4.78, 5) is 14.4. The molecule has 0 aromatic heterocycles. The van der Waals surface area contributed by atoms with Crippen LogP contribution in [-0.4, -0.2) is 37.5 Å². The molecule has 0 fully saturated rings. The highest BCUT2D eigenvalue weighted by molar-refractivity contribution is 7.62. The third-order valence-electron chi connectivity index (χ3n) is 4.42. The molecular formula is C16H28N3O5P. The maximum absolute atomic E-state index is 12.8. The lowest BCUT2D eigenvalue weighted by molar-refractivity contribution is -0.161. The summed E-state index contributed by atoms with van der Waals surface area (Å²) in [5.41, 5.74) is 9.02. The topological polar surface area (TPSA) is 111 Å². The number of nitrogens with zero attached hydrogens (tertiary/aromatic N) is 3. The lowest BCUT2D eigenvalue weighted by Crippen LogP contribution is -2.46. The summed E-state index contributed by atoms with van der Waals surface area (Å²) in [5.74, 6) is -0.646. The van der Waals surface area contributed by atoms with E-state index in [4.69, 9.17) is 19.5 Å². The standard InChI is InChI=1S/C16H28N3O5P/c1-7-10(3)15(23-12(5)20)16-11(4)13(18-19-17)9-14(24-16)25(6,21)22-8-2/h9-11,13,15-16H,7-8H2,1-6H3/t10-,11-,13+,15-,16-,25?/m1/s1. The van der Waals surface area contributed by atoms with E-state index in [1.165, 1.54) is 13.6 Å². The van der Waals surface area contributed by atoms with Crippen molar-refractivity contribution in [2.45, 2.75) is 59.3 Å². The van der Waals surface area contributed by atoms with E-state index in [1.807, 2.05) is 20.8 Å². The molecular weight excluding hydrogens is 345 g/mol. The number of carbonyl (C=O) groups excluding carboxylic acids is 1. The van der Waals surface area contributed by atoms with E-state index in [1.54, 1.807) is 13.0 Å². The SMILES string of the molecule is CCOP(C)(=O)C1=C[C@H](N=[N+]=[N-])[C@@H](C)[C@H]([C@H](OC(C)=O)[C@H](C)CC)O1. The summed E-state index contributed by atoms with van der Waals surface area (Å²) in [7, 11) is -3.19. The lowest BCUT2D eigenvalue weighted by Gasteiger charge is -2.40. The quantitative estimate of drug-likeness (QED) is 0.205. The van der Waals surface area contributed by atoms with Gasteiger partial charge in [0.05, 0.1) is 12.6 Å². The van der Waals surface area contributed by atoms with Gasteiger partial charge >= 0.3 is 5.97 Å². The van der Waals surface area contributed by atoms with Gasteiger partial charge in [-0.15, -0.1) is 0 Å². The summed E-state index contributed by atoms with van der Waals surface area (Å²) in [6.45, 7) is 10.6. The summed E-state index contributed by atoms with van der Waals surface area (Å²) < 4.78 is 29.6. The Kier molecular flexibility index (Phi) is 8.00. The van der Waals surface area contributed by atoms with E-state index in [0.29, 0.717) is 0 Å². The maximum Gasteiger partial charge on any atom is 0.303 e. The molecule has 1 heterocycles.